The Morgan fingerprint density at radius 3 is 1.64 bits per heavy atom. The van der Waals surface area contributed by atoms with Crippen molar-refractivity contribution in [1.82, 2.24) is 0 Å². The molecule has 0 atom stereocenters. The quantitative estimate of drug-likeness (QED) is 0.345. The van der Waals surface area contributed by atoms with E-state index in [4.69, 9.17) is 23.2 Å². The summed E-state index contributed by atoms with van der Waals surface area (Å²) in [6.45, 7) is 0. The molecule has 0 heterocycles. The predicted octanol–water partition coefficient (Wildman–Crippen LogP) is 6.68. The Kier molecular flexibility index (Phi) is 4.58. The first-order chi connectivity index (χ1) is 10.6. The van der Waals surface area contributed by atoms with Crippen LogP contribution in [-0.4, -0.2) is 0 Å². The fourth-order valence-electron chi connectivity index (χ4n) is 2.58. The van der Waals surface area contributed by atoms with Crippen LogP contribution < -0.4 is 0 Å². The number of hydrogen-bond acceptors (Lipinski definition) is 0. The Morgan fingerprint density at radius 2 is 1.14 bits per heavy atom. The van der Waals surface area contributed by atoms with Crippen molar-refractivity contribution in [2.75, 3.05) is 0 Å². The summed E-state index contributed by atoms with van der Waals surface area (Å²) < 4.78 is -0.544. The van der Waals surface area contributed by atoms with Gasteiger partial charge in [-0.2, -0.15) is 0 Å². The van der Waals surface area contributed by atoms with Gasteiger partial charge in [-0.05, 0) is 22.8 Å². The smallest absolute Gasteiger partial charge is 0.0827 e. The molecule has 0 N–H and O–H groups in total. The topological polar surface area (TPSA) is 0 Å². The Bertz CT molecular complexity index is 730. The van der Waals surface area contributed by atoms with Gasteiger partial charge in [0.05, 0.1) is 10.0 Å². The minimum absolute atomic E-state index is 0.544. The molecule has 0 aromatic heterocycles. The highest BCUT2D eigenvalue weighted by atomic mass is 79.9. The summed E-state index contributed by atoms with van der Waals surface area (Å²) in [7, 11) is 0. The van der Waals surface area contributed by atoms with Crippen molar-refractivity contribution in [2.45, 2.75) is 4.32 Å². The average molecular weight is 392 g/mol. The van der Waals surface area contributed by atoms with Gasteiger partial charge in [-0.3, -0.25) is 0 Å². The third kappa shape index (κ3) is 2.69. The van der Waals surface area contributed by atoms with Gasteiger partial charge in [0.2, 0.25) is 0 Å². The van der Waals surface area contributed by atoms with E-state index in [1.54, 1.807) is 6.07 Å². The van der Waals surface area contributed by atoms with Crippen LogP contribution >= 0.6 is 39.1 Å². The fourth-order valence-corrected chi connectivity index (χ4v) is 4.00. The van der Waals surface area contributed by atoms with Crippen LogP contribution in [0.5, 0.6) is 0 Å². The molecule has 3 aromatic rings. The minimum Gasteiger partial charge on any atom is -0.0827 e. The van der Waals surface area contributed by atoms with Crippen LogP contribution in [0.25, 0.3) is 0 Å². The Morgan fingerprint density at radius 1 is 0.636 bits per heavy atom. The Balaban J connectivity index is 2.31. The number of benzene rings is 3. The third-order valence-electron chi connectivity index (χ3n) is 3.67. The number of halogens is 3. The van der Waals surface area contributed by atoms with Gasteiger partial charge >= 0.3 is 0 Å². The maximum absolute atomic E-state index is 6.52. The summed E-state index contributed by atoms with van der Waals surface area (Å²) >= 11 is 16.7. The molecule has 22 heavy (non-hydrogen) atoms. The van der Waals surface area contributed by atoms with Crippen LogP contribution in [0.1, 0.15) is 16.7 Å². The zero-order valence-corrected chi connectivity index (χ0v) is 14.7. The summed E-state index contributed by atoms with van der Waals surface area (Å²) in [6.07, 6.45) is 0. The molecular formula is C19H13BrCl2. The minimum atomic E-state index is -0.544. The molecule has 110 valence electrons. The van der Waals surface area contributed by atoms with Crippen LogP contribution in [0.15, 0.2) is 78.9 Å². The van der Waals surface area contributed by atoms with Crippen molar-refractivity contribution in [1.29, 1.82) is 0 Å². The lowest BCUT2D eigenvalue weighted by molar-refractivity contribution is 0.917. The summed E-state index contributed by atoms with van der Waals surface area (Å²) in [5.41, 5.74) is 3.13. The van der Waals surface area contributed by atoms with E-state index < -0.39 is 4.32 Å². The highest BCUT2D eigenvalue weighted by Crippen LogP contribution is 2.48. The van der Waals surface area contributed by atoms with Crippen molar-refractivity contribution in [2.24, 2.45) is 0 Å². The van der Waals surface area contributed by atoms with E-state index >= 15 is 0 Å². The summed E-state index contributed by atoms with van der Waals surface area (Å²) in [4.78, 5) is 0. The predicted molar refractivity (Wildman–Crippen MR) is 98.2 cm³/mol. The maximum Gasteiger partial charge on any atom is 0.102 e. The molecule has 3 aromatic carbocycles. The molecule has 0 saturated heterocycles. The van der Waals surface area contributed by atoms with Gasteiger partial charge in [0, 0.05) is 0 Å². The molecule has 0 amide bonds. The summed E-state index contributed by atoms with van der Waals surface area (Å²) in [5, 5.41) is 1.11. The molecule has 0 unspecified atom stereocenters. The van der Waals surface area contributed by atoms with Crippen LogP contribution in [0, 0.1) is 0 Å². The third-order valence-corrected chi connectivity index (χ3v) is 5.83. The van der Waals surface area contributed by atoms with Crippen LogP contribution in [-0.2, 0) is 4.32 Å². The zero-order chi connectivity index (χ0) is 15.6. The number of rotatable bonds is 3. The monoisotopic (exact) mass is 390 g/mol. The van der Waals surface area contributed by atoms with E-state index in [1.807, 2.05) is 48.5 Å². The van der Waals surface area contributed by atoms with Crippen LogP contribution in [0.3, 0.4) is 0 Å². The van der Waals surface area contributed by atoms with Crippen molar-refractivity contribution in [3.63, 3.8) is 0 Å². The molecule has 0 saturated carbocycles. The van der Waals surface area contributed by atoms with Gasteiger partial charge in [0.1, 0.15) is 4.32 Å². The van der Waals surface area contributed by atoms with Crippen molar-refractivity contribution in [3.05, 3.63) is 106 Å². The first-order valence-corrected chi connectivity index (χ1v) is 8.43. The summed E-state index contributed by atoms with van der Waals surface area (Å²) in [5.74, 6) is 0. The Hall–Kier alpha value is -1.28. The second kappa shape index (κ2) is 6.45. The lowest BCUT2D eigenvalue weighted by atomic mass is 9.85. The molecule has 0 aliphatic heterocycles. The molecule has 0 fully saturated rings. The van der Waals surface area contributed by atoms with Crippen molar-refractivity contribution >= 4 is 39.1 Å². The molecule has 0 bridgehead atoms. The van der Waals surface area contributed by atoms with Crippen LogP contribution in [0.2, 0.25) is 10.0 Å². The van der Waals surface area contributed by atoms with Gasteiger partial charge in [0.25, 0.3) is 0 Å². The van der Waals surface area contributed by atoms with Crippen LogP contribution in [0.4, 0.5) is 0 Å². The molecule has 0 nitrogen and oxygen atoms in total. The number of hydrogen-bond donors (Lipinski definition) is 0. The van der Waals surface area contributed by atoms with Crippen molar-refractivity contribution in [3.8, 4) is 0 Å². The van der Waals surface area contributed by atoms with E-state index in [0.717, 1.165) is 16.7 Å². The van der Waals surface area contributed by atoms with E-state index in [1.165, 1.54) is 0 Å². The molecule has 0 radical (unpaired) electrons. The SMILES string of the molecule is Clc1cccc(C(Br)(c2ccccc2)c2ccccc2)c1Cl. The van der Waals surface area contributed by atoms with Gasteiger partial charge < -0.3 is 0 Å². The zero-order valence-electron chi connectivity index (χ0n) is 11.6. The van der Waals surface area contributed by atoms with E-state index in [9.17, 15) is 0 Å². The maximum atomic E-state index is 6.52. The van der Waals surface area contributed by atoms with Crippen molar-refractivity contribution < 1.29 is 0 Å². The molecule has 0 spiro atoms. The van der Waals surface area contributed by atoms with Gasteiger partial charge in [-0.25, -0.2) is 0 Å². The molecule has 3 rings (SSSR count). The lowest BCUT2D eigenvalue weighted by Crippen LogP contribution is -2.22. The molecule has 0 aliphatic carbocycles. The normalized spacial score (nSPS) is 11.4. The van der Waals surface area contributed by atoms with E-state index in [2.05, 4.69) is 40.2 Å². The highest BCUT2D eigenvalue weighted by Gasteiger charge is 2.35. The standard InChI is InChI=1S/C19H13BrCl2/c20-19(14-8-3-1-4-9-14,15-10-5-2-6-11-15)16-12-7-13-17(21)18(16)22/h1-13H. The highest BCUT2D eigenvalue weighted by molar-refractivity contribution is 9.10. The summed E-state index contributed by atoms with van der Waals surface area (Å²) in [6, 6.07) is 26.1. The van der Waals surface area contributed by atoms with E-state index in [-0.39, 0.29) is 0 Å². The largest absolute Gasteiger partial charge is 0.102 e. The fraction of sp³-hybridized carbons (Fsp3) is 0.0526. The average Bonchev–Trinajstić information content (AvgIpc) is 2.58. The van der Waals surface area contributed by atoms with E-state index in [0.29, 0.717) is 10.0 Å². The van der Waals surface area contributed by atoms with Gasteiger partial charge in [-0.15, -0.1) is 0 Å². The number of alkyl halides is 1. The lowest BCUT2D eigenvalue weighted by Gasteiger charge is -2.30. The molecule has 0 aliphatic rings. The molecule has 3 heteroatoms. The van der Waals surface area contributed by atoms with Gasteiger partial charge in [0.15, 0.2) is 0 Å². The van der Waals surface area contributed by atoms with Gasteiger partial charge in [-0.1, -0.05) is 112 Å². The first kappa shape index (κ1) is 15.6. The first-order valence-electron chi connectivity index (χ1n) is 6.88. The second-order valence-corrected chi connectivity index (χ2v) is 6.97. The Labute approximate surface area is 148 Å². The molecular weight excluding hydrogens is 379 g/mol. The second-order valence-electron chi connectivity index (χ2n) is 4.99.